The minimum absolute atomic E-state index is 0.00655. The third-order valence-electron chi connectivity index (χ3n) is 1.92. The van der Waals surface area contributed by atoms with Crippen LogP contribution >= 0.6 is 0 Å². The van der Waals surface area contributed by atoms with Crippen molar-refractivity contribution in [3.05, 3.63) is 0 Å². The van der Waals surface area contributed by atoms with Gasteiger partial charge in [-0.25, -0.2) is 0 Å². The van der Waals surface area contributed by atoms with E-state index in [1.54, 1.807) is 13.4 Å². The van der Waals surface area contributed by atoms with Crippen molar-refractivity contribution < 1.29 is 13.7 Å². The van der Waals surface area contributed by atoms with Crippen molar-refractivity contribution >= 4 is 16.7 Å². The second kappa shape index (κ2) is 8.82. The Morgan fingerprint density at radius 2 is 2.20 bits per heavy atom. The fraction of sp³-hybridized carbons (Fsp3) is 0.889. The van der Waals surface area contributed by atoms with Crippen molar-refractivity contribution in [3.63, 3.8) is 0 Å². The molecule has 0 saturated heterocycles. The first-order valence-electron chi connectivity index (χ1n) is 4.86. The molecule has 0 bridgehead atoms. The molecule has 5 nitrogen and oxygen atoms in total. The summed E-state index contributed by atoms with van der Waals surface area (Å²) in [5.74, 6) is -0.0802. The molecule has 0 aliphatic heterocycles. The van der Waals surface area contributed by atoms with Gasteiger partial charge in [0.25, 0.3) is 0 Å². The van der Waals surface area contributed by atoms with Crippen molar-refractivity contribution in [2.24, 2.45) is 0 Å². The molecule has 0 saturated carbocycles. The minimum Gasteiger partial charge on any atom is -0.383 e. The van der Waals surface area contributed by atoms with Gasteiger partial charge in [-0.05, 0) is 6.92 Å². The normalized spacial score (nSPS) is 14.6. The molecule has 0 aromatic carbocycles. The molecule has 0 heterocycles. The third kappa shape index (κ3) is 8.53. The summed E-state index contributed by atoms with van der Waals surface area (Å²) in [4.78, 5) is 11.2. The molecule has 0 aromatic rings. The van der Waals surface area contributed by atoms with E-state index in [1.165, 1.54) is 0 Å². The maximum atomic E-state index is 11.2. The van der Waals surface area contributed by atoms with E-state index in [1.807, 2.05) is 6.92 Å². The summed E-state index contributed by atoms with van der Waals surface area (Å²) in [6.07, 6.45) is 1.63. The molecule has 0 rings (SSSR count). The molecule has 0 aliphatic rings. The van der Waals surface area contributed by atoms with Crippen LogP contribution in [0.25, 0.3) is 0 Å². The highest BCUT2D eigenvalue weighted by atomic mass is 32.2. The van der Waals surface area contributed by atoms with Crippen molar-refractivity contribution in [3.8, 4) is 0 Å². The molecular weight excluding hydrogens is 216 g/mol. The first-order chi connectivity index (χ1) is 7.07. The van der Waals surface area contributed by atoms with Gasteiger partial charge >= 0.3 is 0 Å². The van der Waals surface area contributed by atoms with Crippen LogP contribution in [0.5, 0.6) is 0 Å². The number of nitrogens with one attached hydrogen (secondary N) is 2. The predicted molar refractivity (Wildman–Crippen MR) is 61.3 cm³/mol. The van der Waals surface area contributed by atoms with Gasteiger partial charge < -0.3 is 15.4 Å². The number of ether oxygens (including phenoxy) is 1. The second-order valence-corrected chi connectivity index (χ2v) is 5.08. The molecule has 2 atom stereocenters. The molecule has 90 valence electrons. The van der Waals surface area contributed by atoms with Gasteiger partial charge in [0.05, 0.1) is 13.2 Å². The summed E-state index contributed by atoms with van der Waals surface area (Å²) in [5.41, 5.74) is 0. The van der Waals surface area contributed by atoms with E-state index < -0.39 is 10.8 Å². The number of methoxy groups -OCH3 is 1. The van der Waals surface area contributed by atoms with Gasteiger partial charge in [-0.1, -0.05) is 0 Å². The van der Waals surface area contributed by atoms with Crippen molar-refractivity contribution in [2.45, 2.75) is 12.2 Å². The lowest BCUT2D eigenvalue weighted by Gasteiger charge is -2.10. The van der Waals surface area contributed by atoms with Crippen molar-refractivity contribution in [2.75, 3.05) is 39.6 Å². The Labute approximate surface area is 93.4 Å². The van der Waals surface area contributed by atoms with E-state index >= 15 is 0 Å². The zero-order valence-electron chi connectivity index (χ0n) is 9.54. The molecule has 0 spiro atoms. The summed E-state index contributed by atoms with van der Waals surface area (Å²) < 4.78 is 15.8. The zero-order valence-corrected chi connectivity index (χ0v) is 10.4. The molecule has 6 heteroatoms. The number of carbonyl (C=O) groups excluding carboxylic acids is 1. The van der Waals surface area contributed by atoms with Gasteiger partial charge in [-0.15, -0.1) is 0 Å². The monoisotopic (exact) mass is 236 g/mol. The van der Waals surface area contributed by atoms with Gasteiger partial charge in [-0.3, -0.25) is 9.00 Å². The largest absolute Gasteiger partial charge is 0.383 e. The summed E-state index contributed by atoms with van der Waals surface area (Å²) in [6, 6.07) is 0. The summed E-state index contributed by atoms with van der Waals surface area (Å²) in [7, 11) is 0.720. The highest BCUT2D eigenvalue weighted by Crippen LogP contribution is 1.88. The molecule has 0 aliphatic carbocycles. The Balaban J connectivity index is 3.45. The lowest BCUT2D eigenvalue weighted by molar-refractivity contribution is -0.120. The fourth-order valence-corrected chi connectivity index (χ4v) is 1.13. The van der Waals surface area contributed by atoms with Crippen LogP contribution in [0.15, 0.2) is 0 Å². The topological polar surface area (TPSA) is 67.4 Å². The Morgan fingerprint density at radius 1 is 1.53 bits per heavy atom. The fourth-order valence-electron chi connectivity index (χ4n) is 0.814. The van der Waals surface area contributed by atoms with Gasteiger partial charge in [-0.2, -0.15) is 0 Å². The highest BCUT2D eigenvalue weighted by molar-refractivity contribution is 7.84. The first-order valence-corrected chi connectivity index (χ1v) is 6.48. The van der Waals surface area contributed by atoms with E-state index in [9.17, 15) is 9.00 Å². The molecule has 15 heavy (non-hydrogen) atoms. The molecule has 2 N–H and O–H groups in total. The summed E-state index contributed by atoms with van der Waals surface area (Å²) in [5, 5.41) is 5.62. The number of carbonyl (C=O) groups is 1. The number of amides is 1. The minimum atomic E-state index is -0.891. The van der Waals surface area contributed by atoms with Crippen LogP contribution in [-0.2, 0) is 20.3 Å². The van der Waals surface area contributed by atoms with Crippen LogP contribution < -0.4 is 10.6 Å². The molecule has 0 radical (unpaired) electrons. The average Bonchev–Trinajstić information content (AvgIpc) is 2.20. The zero-order chi connectivity index (χ0) is 11.7. The predicted octanol–water partition coefficient (Wildman–Crippen LogP) is -0.894. The highest BCUT2D eigenvalue weighted by Gasteiger charge is 2.07. The Kier molecular flexibility index (Phi) is 8.55. The third-order valence-corrected chi connectivity index (χ3v) is 3.22. The quantitative estimate of drug-likeness (QED) is 0.536. The maximum Gasteiger partial charge on any atom is 0.233 e. The van der Waals surface area contributed by atoms with Crippen LogP contribution in [0.1, 0.15) is 6.92 Å². The van der Waals surface area contributed by atoms with E-state index in [2.05, 4.69) is 10.6 Å². The number of hydrogen-bond donors (Lipinski definition) is 2. The maximum absolute atomic E-state index is 11.2. The van der Waals surface area contributed by atoms with Crippen LogP contribution in [0, 0.1) is 0 Å². The van der Waals surface area contributed by atoms with Crippen LogP contribution in [0.2, 0.25) is 0 Å². The van der Waals surface area contributed by atoms with Crippen LogP contribution in [0.3, 0.4) is 0 Å². The van der Waals surface area contributed by atoms with Gasteiger partial charge in [0.1, 0.15) is 0 Å². The molecule has 0 fully saturated rings. The van der Waals surface area contributed by atoms with Crippen LogP contribution in [-0.4, -0.2) is 55.0 Å². The Hall–Kier alpha value is -0.460. The number of hydrogen-bond acceptors (Lipinski definition) is 4. The van der Waals surface area contributed by atoms with Gasteiger partial charge in [0.15, 0.2) is 0 Å². The van der Waals surface area contributed by atoms with Crippen molar-refractivity contribution in [1.82, 2.24) is 10.6 Å². The SMILES string of the molecule is COCCNCC(=O)NCC(C)S(C)=O. The molecule has 2 unspecified atom stereocenters. The van der Waals surface area contributed by atoms with Gasteiger partial charge in [0.2, 0.25) is 5.91 Å². The Bertz CT molecular complexity index is 212. The van der Waals surface area contributed by atoms with E-state index in [4.69, 9.17) is 4.74 Å². The number of rotatable bonds is 8. The van der Waals surface area contributed by atoms with Crippen LogP contribution in [0.4, 0.5) is 0 Å². The molecule has 1 amide bonds. The molecular formula is C9H20N2O3S. The first kappa shape index (κ1) is 14.5. The lowest BCUT2D eigenvalue weighted by Crippen LogP contribution is -2.39. The Morgan fingerprint density at radius 3 is 2.73 bits per heavy atom. The van der Waals surface area contributed by atoms with E-state index in [-0.39, 0.29) is 17.7 Å². The summed E-state index contributed by atoms with van der Waals surface area (Å²) >= 11 is 0. The van der Waals surface area contributed by atoms with Crippen molar-refractivity contribution in [1.29, 1.82) is 0 Å². The lowest BCUT2D eigenvalue weighted by atomic mass is 10.4. The van der Waals surface area contributed by atoms with Gasteiger partial charge in [0, 0.05) is 42.5 Å². The average molecular weight is 236 g/mol. The second-order valence-electron chi connectivity index (χ2n) is 3.28. The summed E-state index contributed by atoms with van der Waals surface area (Å²) in [6.45, 7) is 3.80. The van der Waals surface area contributed by atoms with E-state index in [0.29, 0.717) is 19.7 Å². The molecule has 0 aromatic heterocycles. The van der Waals surface area contributed by atoms with E-state index in [0.717, 1.165) is 0 Å². The standard InChI is InChI=1S/C9H20N2O3S/c1-8(15(3)13)6-11-9(12)7-10-4-5-14-2/h8,10H,4-7H2,1-3H3,(H,11,12). The smallest absolute Gasteiger partial charge is 0.233 e.